The fourth-order valence-electron chi connectivity index (χ4n) is 1.89. The van der Waals surface area contributed by atoms with E-state index in [4.69, 9.17) is 5.11 Å². The average Bonchev–Trinajstić information content (AvgIpc) is 2.19. The molecule has 0 radical (unpaired) electrons. The third-order valence-electron chi connectivity index (χ3n) is 3.12. The number of aromatic hydroxyl groups is 2. The molecule has 1 aromatic rings. The van der Waals surface area contributed by atoms with E-state index in [0.717, 1.165) is 24.8 Å². The number of phenolic OH excluding ortho intramolecular Hbond substituents is 2. The zero-order valence-electron chi connectivity index (χ0n) is 9.11. The van der Waals surface area contributed by atoms with Crippen LogP contribution in [0.4, 0.5) is 0 Å². The molecule has 0 atom stereocenters. The van der Waals surface area contributed by atoms with Crippen molar-refractivity contribution in [3.8, 4) is 11.5 Å². The highest BCUT2D eigenvalue weighted by Gasteiger charge is 2.33. The first kappa shape index (κ1) is 11.2. The van der Waals surface area contributed by atoms with Gasteiger partial charge >= 0.3 is 0 Å². The Labute approximate surface area is 94.5 Å². The lowest BCUT2D eigenvalue weighted by Gasteiger charge is -2.36. The highest BCUT2D eigenvalue weighted by atomic mass is 16.3. The van der Waals surface area contributed by atoms with Gasteiger partial charge in [-0.1, -0.05) is 6.07 Å². The standard InChI is InChI=1S/C12H17NO3/c14-10-3-2-9(11(15)6-10)7-13-8-12(16)4-1-5-12/h2-3,6,13-16H,1,4-5,7-8H2. The van der Waals surface area contributed by atoms with Crippen molar-refractivity contribution < 1.29 is 15.3 Å². The lowest BCUT2D eigenvalue weighted by Crippen LogP contribution is -2.45. The quantitative estimate of drug-likeness (QED) is 0.617. The molecule has 0 saturated heterocycles. The predicted octanol–water partition coefficient (Wildman–Crippen LogP) is 1.10. The van der Waals surface area contributed by atoms with Gasteiger partial charge < -0.3 is 20.6 Å². The summed E-state index contributed by atoms with van der Waals surface area (Å²) in [4.78, 5) is 0. The van der Waals surface area contributed by atoms with Crippen molar-refractivity contribution in [3.05, 3.63) is 23.8 Å². The maximum absolute atomic E-state index is 9.84. The molecule has 1 aliphatic carbocycles. The van der Waals surface area contributed by atoms with Gasteiger partial charge in [0.1, 0.15) is 11.5 Å². The van der Waals surface area contributed by atoms with Gasteiger partial charge in [-0.05, 0) is 25.3 Å². The van der Waals surface area contributed by atoms with Crippen LogP contribution in [0, 0.1) is 0 Å². The zero-order chi connectivity index (χ0) is 11.6. The Kier molecular flexibility index (Phi) is 3.03. The molecule has 4 nitrogen and oxygen atoms in total. The zero-order valence-corrected chi connectivity index (χ0v) is 9.11. The largest absolute Gasteiger partial charge is 0.508 e. The molecule has 1 saturated carbocycles. The third kappa shape index (κ3) is 2.46. The molecule has 88 valence electrons. The predicted molar refractivity (Wildman–Crippen MR) is 60.3 cm³/mol. The van der Waals surface area contributed by atoms with Gasteiger partial charge in [0.05, 0.1) is 5.60 Å². The maximum atomic E-state index is 9.84. The van der Waals surface area contributed by atoms with Gasteiger partial charge in [0, 0.05) is 24.7 Å². The number of nitrogens with one attached hydrogen (secondary N) is 1. The molecule has 0 unspecified atom stereocenters. The summed E-state index contributed by atoms with van der Waals surface area (Å²) >= 11 is 0. The Balaban J connectivity index is 1.85. The summed E-state index contributed by atoms with van der Waals surface area (Å²) in [5, 5.41) is 31.6. The molecule has 0 aromatic heterocycles. The summed E-state index contributed by atoms with van der Waals surface area (Å²) in [7, 11) is 0. The van der Waals surface area contributed by atoms with Crippen LogP contribution >= 0.6 is 0 Å². The van der Waals surface area contributed by atoms with Gasteiger partial charge in [-0.2, -0.15) is 0 Å². The first-order valence-corrected chi connectivity index (χ1v) is 5.53. The van der Waals surface area contributed by atoms with Crippen LogP contribution in [0.15, 0.2) is 18.2 Å². The van der Waals surface area contributed by atoms with E-state index in [0.29, 0.717) is 13.1 Å². The summed E-state index contributed by atoms with van der Waals surface area (Å²) in [5.41, 5.74) is 0.174. The van der Waals surface area contributed by atoms with Gasteiger partial charge in [-0.25, -0.2) is 0 Å². The first-order chi connectivity index (χ1) is 7.59. The first-order valence-electron chi connectivity index (χ1n) is 5.53. The minimum atomic E-state index is -0.549. The SMILES string of the molecule is Oc1ccc(CNCC2(O)CCC2)c(O)c1. The highest BCUT2D eigenvalue weighted by Crippen LogP contribution is 2.30. The van der Waals surface area contributed by atoms with E-state index in [1.165, 1.54) is 12.1 Å². The molecule has 4 heteroatoms. The molecule has 4 N–H and O–H groups in total. The van der Waals surface area contributed by atoms with Gasteiger partial charge in [-0.15, -0.1) is 0 Å². The van der Waals surface area contributed by atoms with Crippen LogP contribution in [0.1, 0.15) is 24.8 Å². The smallest absolute Gasteiger partial charge is 0.123 e. The van der Waals surface area contributed by atoms with Crippen LogP contribution < -0.4 is 5.32 Å². The molecule has 0 heterocycles. The summed E-state index contributed by atoms with van der Waals surface area (Å²) in [5.74, 6) is 0.131. The van der Waals surface area contributed by atoms with E-state index >= 15 is 0 Å². The Bertz CT molecular complexity index is 375. The Morgan fingerprint density at radius 3 is 2.56 bits per heavy atom. The Hall–Kier alpha value is -1.26. The molecular weight excluding hydrogens is 206 g/mol. The molecule has 16 heavy (non-hydrogen) atoms. The highest BCUT2D eigenvalue weighted by molar-refractivity contribution is 5.38. The molecule has 0 aliphatic heterocycles. The van der Waals surface area contributed by atoms with E-state index in [1.807, 2.05) is 0 Å². The average molecular weight is 223 g/mol. The van der Waals surface area contributed by atoms with Crippen molar-refractivity contribution in [2.75, 3.05) is 6.54 Å². The number of benzene rings is 1. The molecule has 0 spiro atoms. The van der Waals surface area contributed by atoms with Crippen molar-refractivity contribution in [2.24, 2.45) is 0 Å². The molecule has 0 bridgehead atoms. The molecular formula is C12H17NO3. The van der Waals surface area contributed by atoms with Gasteiger partial charge in [0.2, 0.25) is 0 Å². The molecule has 2 rings (SSSR count). The van der Waals surface area contributed by atoms with E-state index in [2.05, 4.69) is 5.32 Å². The van der Waals surface area contributed by atoms with Crippen LogP contribution in [0.3, 0.4) is 0 Å². The van der Waals surface area contributed by atoms with E-state index in [1.54, 1.807) is 6.07 Å². The van der Waals surface area contributed by atoms with E-state index in [9.17, 15) is 10.2 Å². The summed E-state index contributed by atoms with van der Waals surface area (Å²) in [6.45, 7) is 1.04. The molecule has 0 amide bonds. The Morgan fingerprint density at radius 2 is 2.00 bits per heavy atom. The third-order valence-corrected chi connectivity index (χ3v) is 3.12. The summed E-state index contributed by atoms with van der Waals surface area (Å²) in [6, 6.07) is 4.52. The minimum Gasteiger partial charge on any atom is -0.508 e. The van der Waals surface area contributed by atoms with Crippen molar-refractivity contribution in [1.29, 1.82) is 0 Å². The van der Waals surface area contributed by atoms with E-state index < -0.39 is 5.60 Å². The summed E-state index contributed by atoms with van der Waals surface area (Å²) < 4.78 is 0. The van der Waals surface area contributed by atoms with Crippen LogP contribution in [0.5, 0.6) is 11.5 Å². The number of aliphatic hydroxyl groups is 1. The molecule has 1 fully saturated rings. The topological polar surface area (TPSA) is 72.7 Å². The van der Waals surface area contributed by atoms with Gasteiger partial charge in [-0.3, -0.25) is 0 Å². The van der Waals surface area contributed by atoms with Crippen LogP contribution in [-0.4, -0.2) is 27.5 Å². The van der Waals surface area contributed by atoms with Crippen molar-refractivity contribution in [3.63, 3.8) is 0 Å². The van der Waals surface area contributed by atoms with Crippen molar-refractivity contribution in [2.45, 2.75) is 31.4 Å². The fourth-order valence-corrected chi connectivity index (χ4v) is 1.89. The number of rotatable bonds is 4. The Morgan fingerprint density at radius 1 is 1.25 bits per heavy atom. The second-order valence-electron chi connectivity index (χ2n) is 4.49. The maximum Gasteiger partial charge on any atom is 0.123 e. The van der Waals surface area contributed by atoms with Crippen LogP contribution in [0.2, 0.25) is 0 Å². The van der Waals surface area contributed by atoms with Crippen LogP contribution in [0.25, 0.3) is 0 Å². The van der Waals surface area contributed by atoms with Crippen LogP contribution in [-0.2, 0) is 6.54 Å². The fraction of sp³-hybridized carbons (Fsp3) is 0.500. The molecule has 1 aliphatic rings. The number of phenols is 2. The minimum absolute atomic E-state index is 0.0545. The van der Waals surface area contributed by atoms with Gasteiger partial charge in [0.15, 0.2) is 0 Å². The van der Waals surface area contributed by atoms with Crippen molar-refractivity contribution >= 4 is 0 Å². The van der Waals surface area contributed by atoms with E-state index in [-0.39, 0.29) is 11.5 Å². The second kappa shape index (κ2) is 4.31. The molecule has 1 aromatic carbocycles. The normalized spacial score (nSPS) is 18.1. The number of hydrogen-bond donors (Lipinski definition) is 4. The lowest BCUT2D eigenvalue weighted by atomic mass is 9.80. The van der Waals surface area contributed by atoms with Crippen molar-refractivity contribution in [1.82, 2.24) is 5.32 Å². The lowest BCUT2D eigenvalue weighted by molar-refractivity contribution is -0.0315. The number of hydrogen-bond acceptors (Lipinski definition) is 4. The summed E-state index contributed by atoms with van der Waals surface area (Å²) in [6.07, 6.45) is 2.78. The van der Waals surface area contributed by atoms with Gasteiger partial charge in [0.25, 0.3) is 0 Å². The second-order valence-corrected chi connectivity index (χ2v) is 4.49. The monoisotopic (exact) mass is 223 g/mol.